The van der Waals surface area contributed by atoms with Crippen molar-refractivity contribution in [1.82, 2.24) is 14.9 Å². The Morgan fingerprint density at radius 3 is 2.55 bits per heavy atom. The summed E-state index contributed by atoms with van der Waals surface area (Å²) in [6.45, 7) is 4.42. The molecule has 1 heterocycles. The summed E-state index contributed by atoms with van der Waals surface area (Å²) in [5, 5.41) is 12.7. The van der Waals surface area contributed by atoms with Crippen molar-refractivity contribution in [2.45, 2.75) is 24.3 Å². The lowest BCUT2D eigenvalue weighted by molar-refractivity contribution is 0.0528. The summed E-state index contributed by atoms with van der Waals surface area (Å²) in [6.07, 6.45) is 0. The number of nitrogens with zero attached hydrogens (tertiary/aromatic N) is 2. The molecule has 1 aliphatic rings. The van der Waals surface area contributed by atoms with Crippen LogP contribution in [0.15, 0.2) is 34.2 Å². The Labute approximate surface area is 135 Å². The molecular formula is C13H19ClN4O3S. The topological polar surface area (TPSA) is 94.0 Å². The first-order valence-corrected chi connectivity index (χ1v) is 8.53. The summed E-state index contributed by atoms with van der Waals surface area (Å²) in [4.78, 5) is 6.16. The number of nitrogens with one attached hydrogen (secondary N) is 2. The summed E-state index contributed by atoms with van der Waals surface area (Å²) < 4.78 is 26.8. The second-order valence-electron chi connectivity index (χ2n) is 5.55. The van der Waals surface area contributed by atoms with Crippen LogP contribution >= 0.6 is 11.6 Å². The van der Waals surface area contributed by atoms with Gasteiger partial charge < -0.3 is 10.4 Å². The highest BCUT2D eigenvalue weighted by Crippen LogP contribution is 2.15. The predicted octanol–water partition coefficient (Wildman–Crippen LogP) is 0.565. The molecule has 0 bridgehead atoms. The Kier molecular flexibility index (Phi) is 4.96. The van der Waals surface area contributed by atoms with Gasteiger partial charge >= 0.3 is 0 Å². The molecule has 2 rings (SSSR count). The number of aliphatic imine (C=N–C) groups is 1. The summed E-state index contributed by atoms with van der Waals surface area (Å²) in [5.41, 5.74) is -0.433. The summed E-state index contributed by atoms with van der Waals surface area (Å²) >= 11 is 5.75. The molecule has 0 unspecified atom stereocenters. The van der Waals surface area contributed by atoms with E-state index in [-0.39, 0.29) is 17.5 Å². The molecule has 0 atom stereocenters. The number of hydrogen-bond donors (Lipinski definition) is 3. The van der Waals surface area contributed by atoms with Crippen molar-refractivity contribution in [3.8, 4) is 0 Å². The Hall–Kier alpha value is -1.35. The normalized spacial score (nSPS) is 16.8. The third-order valence-electron chi connectivity index (χ3n) is 3.43. The Morgan fingerprint density at radius 1 is 1.41 bits per heavy atom. The fourth-order valence-electron chi connectivity index (χ4n) is 1.81. The maximum absolute atomic E-state index is 12.2. The van der Waals surface area contributed by atoms with E-state index in [2.05, 4.69) is 15.0 Å². The second kappa shape index (κ2) is 6.41. The lowest BCUT2D eigenvalue weighted by atomic mass is 10.1. The quantitative estimate of drug-likeness (QED) is 0.741. The molecule has 0 aromatic heterocycles. The van der Waals surface area contributed by atoms with Gasteiger partial charge in [-0.25, -0.2) is 18.1 Å². The van der Waals surface area contributed by atoms with Crippen LogP contribution < -0.4 is 10.0 Å². The summed E-state index contributed by atoms with van der Waals surface area (Å²) in [7, 11) is -3.71. The largest absolute Gasteiger partial charge is 0.394 e. The minimum absolute atomic E-state index is 0.0178. The van der Waals surface area contributed by atoms with Crippen molar-refractivity contribution in [2.75, 3.05) is 19.9 Å². The highest BCUT2D eigenvalue weighted by atomic mass is 35.5. The number of aliphatic hydroxyl groups is 1. The van der Waals surface area contributed by atoms with Crippen LogP contribution in [0, 0.1) is 0 Å². The van der Waals surface area contributed by atoms with Gasteiger partial charge in [-0.15, -0.1) is 0 Å². The number of benzene rings is 1. The predicted molar refractivity (Wildman–Crippen MR) is 85.1 cm³/mol. The van der Waals surface area contributed by atoms with Crippen molar-refractivity contribution in [3.63, 3.8) is 0 Å². The van der Waals surface area contributed by atoms with Gasteiger partial charge in [0.05, 0.1) is 24.8 Å². The van der Waals surface area contributed by atoms with E-state index in [1.165, 1.54) is 24.3 Å². The molecular weight excluding hydrogens is 328 g/mol. The smallest absolute Gasteiger partial charge is 0.264 e. The first-order valence-electron chi connectivity index (χ1n) is 6.67. The zero-order chi connectivity index (χ0) is 16.4. The Balaban J connectivity index is 2.07. The fourth-order valence-corrected chi connectivity index (χ4v) is 2.94. The van der Waals surface area contributed by atoms with Crippen molar-refractivity contribution in [3.05, 3.63) is 29.3 Å². The zero-order valence-electron chi connectivity index (χ0n) is 12.4. The van der Waals surface area contributed by atoms with Gasteiger partial charge in [-0.05, 0) is 38.1 Å². The fraction of sp³-hybridized carbons (Fsp3) is 0.462. The molecule has 1 aromatic carbocycles. The van der Waals surface area contributed by atoms with E-state index in [1.54, 1.807) is 0 Å². The van der Waals surface area contributed by atoms with Crippen molar-refractivity contribution < 1.29 is 13.5 Å². The molecule has 0 saturated carbocycles. The highest BCUT2D eigenvalue weighted by Gasteiger charge is 2.28. The third kappa shape index (κ3) is 3.89. The maximum Gasteiger partial charge on any atom is 0.264 e. The van der Waals surface area contributed by atoms with E-state index in [4.69, 9.17) is 11.6 Å². The van der Waals surface area contributed by atoms with Gasteiger partial charge in [0.15, 0.2) is 0 Å². The molecule has 1 aromatic rings. The zero-order valence-corrected chi connectivity index (χ0v) is 13.9. The lowest BCUT2D eigenvalue weighted by Gasteiger charge is -2.38. The Bertz CT molecular complexity index is 658. The van der Waals surface area contributed by atoms with Crippen LogP contribution in [0.1, 0.15) is 13.8 Å². The standard InChI is InChI=1S/C13H19ClN4O3S/c1-13(2,7-19)18-8-15-12(16-9-18)17-22(20,21)11-5-3-10(14)4-6-11/h3-6,19H,7-9H2,1-2H3,(H2,15,16,17). The van der Waals surface area contributed by atoms with Gasteiger partial charge in [0.1, 0.15) is 0 Å². The molecule has 0 saturated heterocycles. The van der Waals surface area contributed by atoms with Gasteiger partial charge in [-0.2, -0.15) is 0 Å². The molecule has 0 amide bonds. The average Bonchev–Trinajstić information content (AvgIpc) is 2.48. The number of guanidine groups is 1. The lowest BCUT2D eigenvalue weighted by Crippen LogP contribution is -2.57. The highest BCUT2D eigenvalue weighted by molar-refractivity contribution is 7.90. The van der Waals surface area contributed by atoms with Gasteiger partial charge in [0.2, 0.25) is 5.96 Å². The average molecular weight is 347 g/mol. The monoisotopic (exact) mass is 346 g/mol. The SMILES string of the molecule is CC(C)(CO)N1CN=C(NS(=O)(=O)c2ccc(Cl)cc2)NC1. The van der Waals surface area contributed by atoms with Gasteiger partial charge in [0, 0.05) is 10.6 Å². The number of rotatable bonds is 4. The van der Waals surface area contributed by atoms with E-state index in [9.17, 15) is 13.5 Å². The molecule has 22 heavy (non-hydrogen) atoms. The van der Waals surface area contributed by atoms with E-state index in [0.717, 1.165) is 0 Å². The number of aliphatic hydroxyl groups excluding tert-OH is 1. The molecule has 122 valence electrons. The van der Waals surface area contributed by atoms with Gasteiger partial charge in [0.25, 0.3) is 10.0 Å². The van der Waals surface area contributed by atoms with E-state index >= 15 is 0 Å². The summed E-state index contributed by atoms with van der Waals surface area (Å²) in [5.74, 6) is 0.180. The van der Waals surface area contributed by atoms with Crippen LogP contribution in [0.4, 0.5) is 0 Å². The molecule has 3 N–H and O–H groups in total. The van der Waals surface area contributed by atoms with Crippen LogP contribution in [0.25, 0.3) is 0 Å². The minimum atomic E-state index is -3.71. The number of sulfonamides is 1. The molecule has 9 heteroatoms. The first kappa shape index (κ1) is 17.0. The van der Waals surface area contributed by atoms with Crippen molar-refractivity contribution in [1.29, 1.82) is 0 Å². The molecule has 0 spiro atoms. The van der Waals surface area contributed by atoms with Crippen LogP contribution in [-0.4, -0.2) is 49.9 Å². The van der Waals surface area contributed by atoms with Crippen LogP contribution in [0.3, 0.4) is 0 Å². The summed E-state index contributed by atoms with van der Waals surface area (Å²) in [6, 6.07) is 5.87. The van der Waals surface area contributed by atoms with Crippen molar-refractivity contribution in [2.24, 2.45) is 4.99 Å². The third-order valence-corrected chi connectivity index (χ3v) is 5.04. The van der Waals surface area contributed by atoms with Crippen LogP contribution in [0.5, 0.6) is 0 Å². The second-order valence-corrected chi connectivity index (χ2v) is 7.67. The molecule has 1 aliphatic heterocycles. The Morgan fingerprint density at radius 2 is 2.05 bits per heavy atom. The molecule has 0 aliphatic carbocycles. The number of hydrogen-bond acceptors (Lipinski definition) is 6. The van der Waals surface area contributed by atoms with Crippen molar-refractivity contribution >= 4 is 27.6 Å². The van der Waals surface area contributed by atoms with Gasteiger partial charge in [-0.1, -0.05) is 11.6 Å². The molecule has 0 radical (unpaired) electrons. The number of halogens is 1. The maximum atomic E-state index is 12.2. The first-order chi connectivity index (χ1) is 10.2. The van der Waals surface area contributed by atoms with E-state index < -0.39 is 15.6 Å². The van der Waals surface area contributed by atoms with Crippen LogP contribution in [0.2, 0.25) is 5.02 Å². The van der Waals surface area contributed by atoms with Gasteiger partial charge in [-0.3, -0.25) is 4.90 Å². The minimum Gasteiger partial charge on any atom is -0.394 e. The molecule has 7 nitrogen and oxygen atoms in total. The van der Waals surface area contributed by atoms with Crippen LogP contribution in [-0.2, 0) is 10.0 Å². The van der Waals surface area contributed by atoms with E-state index in [1.807, 2.05) is 18.7 Å². The van der Waals surface area contributed by atoms with E-state index in [0.29, 0.717) is 18.4 Å². The molecule has 0 fully saturated rings.